The van der Waals surface area contributed by atoms with Crippen molar-refractivity contribution in [2.45, 2.75) is 65.1 Å². The van der Waals surface area contributed by atoms with E-state index >= 15 is 0 Å². The molecule has 1 saturated carbocycles. The Kier molecular flexibility index (Phi) is 8.95. The van der Waals surface area contributed by atoms with Crippen molar-refractivity contribution in [1.29, 1.82) is 0 Å². The predicted molar refractivity (Wildman–Crippen MR) is 157 cm³/mol. The number of hydrogen-bond donors (Lipinski definition) is 2. The van der Waals surface area contributed by atoms with Gasteiger partial charge in [-0.25, -0.2) is 0 Å². The molecule has 7 heteroatoms. The Balaban J connectivity index is 1.58. The highest BCUT2D eigenvalue weighted by atomic mass is 35.5. The first-order valence-corrected chi connectivity index (χ1v) is 13.9. The summed E-state index contributed by atoms with van der Waals surface area (Å²) in [6.45, 7) is 6.97. The van der Waals surface area contributed by atoms with E-state index in [2.05, 4.69) is 41.1 Å². The van der Waals surface area contributed by atoms with Crippen LogP contribution in [-0.2, 0) is 6.54 Å². The molecule has 4 rings (SSSR count). The summed E-state index contributed by atoms with van der Waals surface area (Å²) >= 11 is 6.57. The van der Waals surface area contributed by atoms with Gasteiger partial charge in [0.15, 0.2) is 5.43 Å². The Labute approximate surface area is 231 Å². The van der Waals surface area contributed by atoms with Crippen LogP contribution in [0.5, 0.6) is 0 Å². The van der Waals surface area contributed by atoms with Crippen LogP contribution in [0.2, 0.25) is 5.02 Å². The number of pyridine rings is 1. The molecule has 1 amide bonds. The number of nitrogens with one attached hydrogen (secondary N) is 2. The van der Waals surface area contributed by atoms with Gasteiger partial charge in [0, 0.05) is 58.8 Å². The zero-order valence-corrected chi connectivity index (χ0v) is 23.9. The zero-order chi connectivity index (χ0) is 27.4. The predicted octanol–water partition coefficient (Wildman–Crippen LogP) is 5.94. The monoisotopic (exact) mass is 534 g/mol. The van der Waals surface area contributed by atoms with Crippen LogP contribution in [0, 0.1) is 13.8 Å². The second kappa shape index (κ2) is 12.2. The van der Waals surface area contributed by atoms with Crippen LogP contribution < -0.4 is 15.6 Å². The van der Waals surface area contributed by atoms with Crippen molar-refractivity contribution in [3.05, 3.63) is 86.2 Å². The van der Waals surface area contributed by atoms with Crippen LogP contribution >= 0.6 is 11.6 Å². The summed E-state index contributed by atoms with van der Waals surface area (Å²) in [5.74, 6) is -0.238. The van der Waals surface area contributed by atoms with Gasteiger partial charge in [-0.1, -0.05) is 41.9 Å². The van der Waals surface area contributed by atoms with Crippen molar-refractivity contribution in [3.63, 3.8) is 0 Å². The number of aromatic nitrogens is 1. The molecule has 1 fully saturated rings. The Hall–Kier alpha value is -3.09. The smallest absolute Gasteiger partial charge is 0.251 e. The van der Waals surface area contributed by atoms with E-state index in [1.165, 1.54) is 0 Å². The fourth-order valence-electron chi connectivity index (χ4n) is 5.72. The molecule has 1 aliphatic rings. The first-order chi connectivity index (χ1) is 18.2. The number of aromatic amines is 1. The fraction of sp³-hybridized carbons (Fsp3) is 0.419. The lowest BCUT2D eigenvalue weighted by molar-refractivity contribution is 0.0950. The van der Waals surface area contributed by atoms with E-state index in [1.807, 2.05) is 50.2 Å². The van der Waals surface area contributed by atoms with E-state index in [0.29, 0.717) is 28.2 Å². The zero-order valence-electron chi connectivity index (χ0n) is 23.1. The number of hydrogen-bond acceptors (Lipinski definition) is 4. The van der Waals surface area contributed by atoms with Gasteiger partial charge in [0.25, 0.3) is 5.91 Å². The van der Waals surface area contributed by atoms with Gasteiger partial charge in [-0.05, 0) is 83.8 Å². The molecule has 38 heavy (non-hydrogen) atoms. The number of carbonyl (C=O) groups excluding carboxylic acids is 1. The number of amides is 1. The lowest BCUT2D eigenvalue weighted by atomic mass is 9.89. The van der Waals surface area contributed by atoms with Crippen LogP contribution in [0.15, 0.2) is 53.3 Å². The summed E-state index contributed by atoms with van der Waals surface area (Å²) in [6, 6.07) is 16.0. The van der Waals surface area contributed by atoms with Crippen LogP contribution in [0.1, 0.15) is 59.8 Å². The highest BCUT2D eigenvalue weighted by Crippen LogP contribution is 2.34. The number of halogens is 1. The van der Waals surface area contributed by atoms with E-state index in [4.69, 9.17) is 11.6 Å². The molecule has 1 heterocycles. The van der Waals surface area contributed by atoms with Gasteiger partial charge in [0.05, 0.1) is 5.69 Å². The molecule has 3 aromatic rings. The molecular weight excluding hydrogens is 496 g/mol. The van der Waals surface area contributed by atoms with Crippen molar-refractivity contribution in [2.75, 3.05) is 25.5 Å². The molecule has 1 aromatic heterocycles. The minimum absolute atomic E-state index is 0.102. The molecule has 0 spiro atoms. The number of anilines is 1. The van der Waals surface area contributed by atoms with Gasteiger partial charge in [-0.2, -0.15) is 0 Å². The van der Waals surface area contributed by atoms with Crippen LogP contribution in [0.3, 0.4) is 0 Å². The van der Waals surface area contributed by atoms with Gasteiger partial charge < -0.3 is 20.1 Å². The average Bonchev–Trinajstić information content (AvgIpc) is 2.90. The van der Waals surface area contributed by atoms with Crippen LogP contribution in [0.25, 0.3) is 11.3 Å². The maximum absolute atomic E-state index is 13.5. The van der Waals surface area contributed by atoms with Crippen molar-refractivity contribution in [1.82, 2.24) is 15.2 Å². The maximum Gasteiger partial charge on any atom is 0.251 e. The molecule has 0 bridgehead atoms. The summed E-state index contributed by atoms with van der Waals surface area (Å²) in [7, 11) is 4.31. The first-order valence-electron chi connectivity index (χ1n) is 13.5. The molecule has 6 nitrogen and oxygen atoms in total. The first kappa shape index (κ1) is 27.9. The van der Waals surface area contributed by atoms with Gasteiger partial charge >= 0.3 is 0 Å². The summed E-state index contributed by atoms with van der Waals surface area (Å²) in [4.78, 5) is 34.4. The van der Waals surface area contributed by atoms with Crippen molar-refractivity contribution in [3.8, 4) is 11.3 Å². The summed E-state index contributed by atoms with van der Waals surface area (Å²) in [5, 5.41) is 3.53. The number of carbonyl (C=O) groups is 1. The van der Waals surface area contributed by atoms with Crippen LogP contribution in [-0.4, -0.2) is 48.5 Å². The second-order valence-corrected chi connectivity index (χ2v) is 11.0. The lowest BCUT2D eigenvalue weighted by Crippen LogP contribution is -2.42. The Morgan fingerprint density at radius 3 is 2.32 bits per heavy atom. The SMILES string of the molecule is CCN(c1cc(Cl)cc(C(=O)NCc2c(-c3ccccc3)[nH]c(C)cc2=O)c1C)[C@H]1CC[C@H](N(C)C)CC1. The van der Waals surface area contributed by atoms with Gasteiger partial charge in [0.1, 0.15) is 0 Å². The van der Waals surface area contributed by atoms with E-state index < -0.39 is 0 Å². The molecule has 202 valence electrons. The summed E-state index contributed by atoms with van der Waals surface area (Å²) < 4.78 is 0. The molecular formula is C31H39ClN4O2. The topological polar surface area (TPSA) is 68.4 Å². The van der Waals surface area contributed by atoms with E-state index in [9.17, 15) is 9.59 Å². The standard InChI is InChI=1S/C31H39ClN4O2/c1-6-36(25-14-12-24(13-15-25)35(4)5)28-18-23(32)17-26(21(28)3)31(38)33-19-27-29(37)16-20(2)34-30(27)22-10-8-7-9-11-22/h7-11,16-18,24-25H,6,12-15,19H2,1-5H3,(H,33,38)(H,34,37)/t24-,25-. The van der Waals surface area contributed by atoms with E-state index in [0.717, 1.165) is 60.4 Å². The number of benzene rings is 2. The fourth-order valence-corrected chi connectivity index (χ4v) is 5.93. The molecule has 2 N–H and O–H groups in total. The Bertz CT molecular complexity index is 1330. The minimum atomic E-state index is -0.238. The largest absolute Gasteiger partial charge is 0.369 e. The molecule has 2 aromatic carbocycles. The van der Waals surface area contributed by atoms with Crippen molar-refractivity contribution >= 4 is 23.2 Å². The number of rotatable bonds is 8. The number of aryl methyl sites for hydroxylation is 1. The van der Waals surface area contributed by atoms with Gasteiger partial charge in [-0.15, -0.1) is 0 Å². The maximum atomic E-state index is 13.5. The third kappa shape index (κ3) is 6.13. The molecule has 0 atom stereocenters. The Morgan fingerprint density at radius 1 is 1.03 bits per heavy atom. The Morgan fingerprint density at radius 2 is 1.68 bits per heavy atom. The van der Waals surface area contributed by atoms with Crippen molar-refractivity contribution in [2.24, 2.45) is 0 Å². The molecule has 1 aliphatic carbocycles. The van der Waals surface area contributed by atoms with Crippen LogP contribution in [0.4, 0.5) is 5.69 Å². The molecule has 0 saturated heterocycles. The molecule has 0 unspecified atom stereocenters. The second-order valence-electron chi connectivity index (χ2n) is 10.5. The third-order valence-electron chi connectivity index (χ3n) is 7.83. The quantitative estimate of drug-likeness (QED) is 0.375. The highest BCUT2D eigenvalue weighted by Gasteiger charge is 2.28. The minimum Gasteiger partial charge on any atom is -0.369 e. The summed E-state index contributed by atoms with van der Waals surface area (Å²) in [6.07, 6.45) is 4.55. The van der Waals surface area contributed by atoms with Gasteiger partial charge in [-0.3, -0.25) is 9.59 Å². The molecule has 0 aliphatic heterocycles. The van der Waals surface area contributed by atoms with Crippen molar-refractivity contribution < 1.29 is 4.79 Å². The number of H-pyrrole nitrogens is 1. The lowest BCUT2D eigenvalue weighted by Gasteiger charge is -2.40. The molecule has 0 radical (unpaired) electrons. The number of nitrogens with zero attached hydrogens (tertiary/aromatic N) is 2. The summed E-state index contributed by atoms with van der Waals surface area (Å²) in [5.41, 5.74) is 5.29. The normalized spacial score (nSPS) is 17.4. The van der Waals surface area contributed by atoms with E-state index in [-0.39, 0.29) is 17.9 Å². The van der Waals surface area contributed by atoms with Gasteiger partial charge in [0.2, 0.25) is 0 Å². The average molecular weight is 535 g/mol. The van der Waals surface area contributed by atoms with E-state index in [1.54, 1.807) is 12.1 Å². The third-order valence-corrected chi connectivity index (χ3v) is 8.05. The highest BCUT2D eigenvalue weighted by molar-refractivity contribution is 6.31.